The average molecular weight is 388 g/mol. The van der Waals surface area contributed by atoms with Crippen molar-refractivity contribution < 1.29 is 18.0 Å². The van der Waals surface area contributed by atoms with Crippen LogP contribution in [0.4, 0.5) is 5.69 Å². The first-order chi connectivity index (χ1) is 12.7. The Morgan fingerprint density at radius 1 is 0.963 bits per heavy atom. The summed E-state index contributed by atoms with van der Waals surface area (Å²) in [6.07, 6.45) is 1.15. The maximum atomic E-state index is 12.4. The van der Waals surface area contributed by atoms with Crippen LogP contribution in [0.5, 0.6) is 0 Å². The molecule has 0 aliphatic carbocycles. The van der Waals surface area contributed by atoms with Crippen LogP contribution in [-0.2, 0) is 15.6 Å². The first kappa shape index (κ1) is 20.6. The topological polar surface area (TPSA) is 83.6 Å². The third-order valence-corrected chi connectivity index (χ3v) is 4.92. The lowest BCUT2D eigenvalue weighted by Gasteiger charge is -2.18. The number of hydrogen-bond acceptors (Lipinski definition) is 4. The number of nitrogens with one attached hydrogen (secondary N) is 1. The highest BCUT2D eigenvalue weighted by Crippen LogP contribution is 2.15. The highest BCUT2D eigenvalue weighted by atomic mass is 32.2. The lowest BCUT2D eigenvalue weighted by atomic mass is 10.1. The SMILES string of the molecule is CCN(CC)C(=O)c1ccc(NC(=O)c2cccc(CS(C)(=O)=O)c2)cc1. The van der Waals surface area contributed by atoms with Gasteiger partial charge in [-0.15, -0.1) is 0 Å². The van der Waals surface area contributed by atoms with Gasteiger partial charge in [0.25, 0.3) is 11.8 Å². The zero-order chi connectivity index (χ0) is 20.0. The Morgan fingerprint density at radius 2 is 1.59 bits per heavy atom. The number of nitrogens with zero attached hydrogens (tertiary/aromatic N) is 1. The van der Waals surface area contributed by atoms with Gasteiger partial charge in [-0.25, -0.2) is 8.42 Å². The van der Waals surface area contributed by atoms with Crippen molar-refractivity contribution in [1.82, 2.24) is 4.90 Å². The predicted octanol–water partition coefficient (Wildman–Crippen LogP) is 2.97. The summed E-state index contributed by atoms with van der Waals surface area (Å²) in [5, 5.41) is 2.76. The molecule has 0 aliphatic rings. The summed E-state index contributed by atoms with van der Waals surface area (Å²) in [5.41, 5.74) is 2.06. The molecule has 0 heterocycles. The molecule has 0 unspecified atom stereocenters. The van der Waals surface area contributed by atoms with Crippen LogP contribution in [0.25, 0.3) is 0 Å². The van der Waals surface area contributed by atoms with Crippen LogP contribution < -0.4 is 5.32 Å². The molecular formula is C20H24N2O4S. The van der Waals surface area contributed by atoms with Gasteiger partial charge < -0.3 is 10.2 Å². The number of hydrogen-bond donors (Lipinski definition) is 1. The van der Waals surface area contributed by atoms with E-state index in [0.717, 1.165) is 6.26 Å². The van der Waals surface area contributed by atoms with Gasteiger partial charge in [-0.1, -0.05) is 12.1 Å². The van der Waals surface area contributed by atoms with Crippen LogP contribution >= 0.6 is 0 Å². The number of carbonyl (C=O) groups excluding carboxylic acids is 2. The summed E-state index contributed by atoms with van der Waals surface area (Å²) in [6, 6.07) is 13.2. The molecule has 0 saturated heterocycles. The van der Waals surface area contributed by atoms with Gasteiger partial charge in [-0.2, -0.15) is 0 Å². The molecule has 2 aromatic carbocycles. The van der Waals surface area contributed by atoms with Crippen LogP contribution in [0.1, 0.15) is 40.1 Å². The molecule has 0 atom stereocenters. The second-order valence-corrected chi connectivity index (χ2v) is 8.42. The minimum absolute atomic E-state index is 0.0497. The van der Waals surface area contributed by atoms with E-state index in [1.165, 1.54) is 0 Å². The zero-order valence-corrected chi connectivity index (χ0v) is 16.5. The Balaban J connectivity index is 2.10. The number of sulfone groups is 1. The molecule has 0 fully saturated rings. The Hall–Kier alpha value is -2.67. The van der Waals surface area contributed by atoms with Crippen molar-refractivity contribution in [1.29, 1.82) is 0 Å². The lowest BCUT2D eigenvalue weighted by molar-refractivity contribution is 0.0773. The van der Waals surface area contributed by atoms with E-state index >= 15 is 0 Å². The molecule has 0 saturated carbocycles. The molecule has 6 nitrogen and oxygen atoms in total. The molecule has 2 aromatic rings. The van der Waals surface area contributed by atoms with Crippen molar-refractivity contribution in [2.45, 2.75) is 19.6 Å². The molecule has 7 heteroatoms. The van der Waals surface area contributed by atoms with E-state index in [1.807, 2.05) is 13.8 Å². The monoisotopic (exact) mass is 388 g/mol. The van der Waals surface area contributed by atoms with Gasteiger partial charge in [-0.3, -0.25) is 9.59 Å². The standard InChI is InChI=1S/C20H24N2O4S/c1-4-22(5-2)20(24)16-9-11-18(12-10-16)21-19(23)17-8-6-7-15(13-17)14-27(3,25)26/h6-13H,4-5,14H2,1-3H3,(H,21,23). The molecule has 1 N–H and O–H groups in total. The smallest absolute Gasteiger partial charge is 0.255 e. The van der Waals surface area contributed by atoms with E-state index in [4.69, 9.17) is 0 Å². The fourth-order valence-corrected chi connectivity index (χ4v) is 3.48. The maximum absolute atomic E-state index is 12.4. The van der Waals surface area contributed by atoms with Gasteiger partial charge in [0.2, 0.25) is 0 Å². The highest BCUT2D eigenvalue weighted by Gasteiger charge is 2.13. The highest BCUT2D eigenvalue weighted by molar-refractivity contribution is 7.89. The third-order valence-electron chi connectivity index (χ3n) is 4.06. The van der Waals surface area contributed by atoms with Crippen molar-refractivity contribution in [2.24, 2.45) is 0 Å². The normalized spacial score (nSPS) is 11.1. The first-order valence-electron chi connectivity index (χ1n) is 8.71. The first-order valence-corrected chi connectivity index (χ1v) is 10.8. The van der Waals surface area contributed by atoms with E-state index < -0.39 is 9.84 Å². The van der Waals surface area contributed by atoms with Gasteiger partial charge in [0.15, 0.2) is 9.84 Å². The summed E-state index contributed by atoms with van der Waals surface area (Å²) in [5.74, 6) is -0.504. The molecule has 0 bridgehead atoms. The Kier molecular flexibility index (Phi) is 6.74. The van der Waals surface area contributed by atoms with Crippen LogP contribution in [0.3, 0.4) is 0 Å². The van der Waals surface area contributed by atoms with Crippen molar-refractivity contribution in [3.63, 3.8) is 0 Å². The van der Waals surface area contributed by atoms with E-state index in [0.29, 0.717) is 35.5 Å². The molecule has 2 rings (SSSR count). The van der Waals surface area contributed by atoms with Crippen LogP contribution in [-0.4, -0.2) is 44.5 Å². The van der Waals surface area contributed by atoms with E-state index in [-0.39, 0.29) is 17.6 Å². The maximum Gasteiger partial charge on any atom is 0.255 e. The Labute approximate surface area is 160 Å². The quantitative estimate of drug-likeness (QED) is 0.790. The number of amides is 2. The molecule has 144 valence electrons. The third kappa shape index (κ3) is 5.92. The summed E-state index contributed by atoms with van der Waals surface area (Å²) < 4.78 is 22.8. The second kappa shape index (κ2) is 8.81. The van der Waals surface area contributed by atoms with Gasteiger partial charge >= 0.3 is 0 Å². The fraction of sp³-hybridized carbons (Fsp3) is 0.300. The van der Waals surface area contributed by atoms with Crippen LogP contribution in [0.2, 0.25) is 0 Å². The van der Waals surface area contributed by atoms with Crippen molar-refractivity contribution >= 4 is 27.3 Å². The molecule has 0 radical (unpaired) electrons. The second-order valence-electron chi connectivity index (χ2n) is 6.28. The van der Waals surface area contributed by atoms with E-state index in [1.54, 1.807) is 53.4 Å². The number of benzene rings is 2. The molecule has 0 aromatic heterocycles. The summed E-state index contributed by atoms with van der Waals surface area (Å²) in [6.45, 7) is 5.12. The Morgan fingerprint density at radius 3 is 2.15 bits per heavy atom. The van der Waals surface area contributed by atoms with Gasteiger partial charge in [0.1, 0.15) is 0 Å². The van der Waals surface area contributed by atoms with Crippen molar-refractivity contribution in [3.8, 4) is 0 Å². The van der Waals surface area contributed by atoms with Gasteiger partial charge in [0.05, 0.1) is 5.75 Å². The van der Waals surface area contributed by atoms with Gasteiger partial charge in [-0.05, 0) is 55.8 Å². The van der Waals surface area contributed by atoms with Crippen molar-refractivity contribution in [3.05, 3.63) is 65.2 Å². The summed E-state index contributed by atoms with van der Waals surface area (Å²) >= 11 is 0. The lowest BCUT2D eigenvalue weighted by Crippen LogP contribution is -2.30. The Bertz CT molecular complexity index is 917. The molecule has 2 amide bonds. The predicted molar refractivity (Wildman–Crippen MR) is 107 cm³/mol. The van der Waals surface area contributed by atoms with Crippen LogP contribution in [0.15, 0.2) is 48.5 Å². The molecule has 0 spiro atoms. The molecule has 27 heavy (non-hydrogen) atoms. The number of anilines is 1. The largest absolute Gasteiger partial charge is 0.339 e. The van der Waals surface area contributed by atoms with E-state index in [9.17, 15) is 18.0 Å². The summed E-state index contributed by atoms with van der Waals surface area (Å²) in [7, 11) is -3.17. The average Bonchev–Trinajstić information content (AvgIpc) is 2.62. The van der Waals surface area contributed by atoms with Crippen LogP contribution in [0, 0.1) is 0 Å². The number of carbonyl (C=O) groups is 2. The summed E-state index contributed by atoms with van der Waals surface area (Å²) in [4.78, 5) is 26.4. The minimum Gasteiger partial charge on any atom is -0.339 e. The minimum atomic E-state index is -3.17. The van der Waals surface area contributed by atoms with Crippen molar-refractivity contribution in [2.75, 3.05) is 24.7 Å². The fourth-order valence-electron chi connectivity index (χ4n) is 2.70. The van der Waals surface area contributed by atoms with E-state index in [2.05, 4.69) is 5.32 Å². The van der Waals surface area contributed by atoms with Gasteiger partial charge in [0, 0.05) is 36.2 Å². The molecular weight excluding hydrogens is 364 g/mol. The molecule has 0 aliphatic heterocycles. The zero-order valence-electron chi connectivity index (χ0n) is 15.7. The number of rotatable bonds is 7.